The van der Waals surface area contributed by atoms with E-state index in [2.05, 4.69) is 12.2 Å². The molecule has 0 aliphatic rings. The quantitative estimate of drug-likeness (QED) is 0.621. The average Bonchev–Trinajstić information content (AvgIpc) is 1.71. The fraction of sp³-hybridized carbons (Fsp3) is 0.857. The molecule has 0 atom stereocenters. The van der Waals surface area contributed by atoms with Gasteiger partial charge < -0.3 is 17.1 Å². The van der Waals surface area contributed by atoms with E-state index in [0.29, 0.717) is 0 Å². The summed E-state index contributed by atoms with van der Waals surface area (Å²) in [7, 11) is 9.50. The third kappa shape index (κ3) is 1350. The van der Waals surface area contributed by atoms with E-state index in [9.17, 15) is 0 Å². The van der Waals surface area contributed by atoms with Crippen molar-refractivity contribution < 1.29 is 21.1 Å². The van der Waals surface area contributed by atoms with Crippen LogP contribution in [-0.4, -0.2) is 40.1 Å². The molecular formula is C7H20N2W. The monoisotopic (exact) mass is 316 g/mol. The summed E-state index contributed by atoms with van der Waals surface area (Å²) in [6.45, 7) is 5.00. The predicted molar refractivity (Wildman–Crippen MR) is 45.8 cm³/mol. The van der Waals surface area contributed by atoms with Crippen LogP contribution in [-0.2, 0) is 21.1 Å². The minimum Gasteiger partial charge on any atom is -0.668 e. The summed E-state index contributed by atoms with van der Waals surface area (Å²) in [6.07, 6.45) is 0. The summed E-state index contributed by atoms with van der Waals surface area (Å²) in [4.78, 5) is 2.00. The number of hydrogen-bond acceptors (Lipinski definition) is 1. The van der Waals surface area contributed by atoms with E-state index >= 15 is 0 Å². The van der Waals surface area contributed by atoms with Crippen LogP contribution >= 0.6 is 0 Å². The SMILES string of the molecule is CN(C)C.C[N-]C.[CH2-]C.[W+2]. The fourth-order valence-electron chi connectivity index (χ4n) is 0. The summed E-state index contributed by atoms with van der Waals surface area (Å²) in [5.74, 6) is 0. The van der Waals surface area contributed by atoms with Gasteiger partial charge in [0, 0.05) is 0 Å². The summed E-state index contributed by atoms with van der Waals surface area (Å²) >= 11 is 0. The van der Waals surface area contributed by atoms with Gasteiger partial charge in [-0.25, -0.2) is 0 Å². The Labute approximate surface area is 80.6 Å². The average molecular weight is 316 g/mol. The molecule has 0 rings (SSSR count). The number of rotatable bonds is 0. The van der Waals surface area contributed by atoms with Crippen molar-refractivity contribution in [3.05, 3.63) is 12.2 Å². The second-order valence-electron chi connectivity index (χ2n) is 1.79. The van der Waals surface area contributed by atoms with Crippen molar-refractivity contribution in [2.45, 2.75) is 6.92 Å². The molecule has 0 spiro atoms. The Morgan fingerprint density at radius 3 is 1.00 bits per heavy atom. The van der Waals surface area contributed by atoms with Crippen molar-refractivity contribution in [2.24, 2.45) is 0 Å². The van der Waals surface area contributed by atoms with Gasteiger partial charge in [-0.1, -0.05) is 0 Å². The van der Waals surface area contributed by atoms with Crippen LogP contribution in [0.4, 0.5) is 0 Å². The van der Waals surface area contributed by atoms with E-state index in [0.717, 1.165) is 0 Å². The molecule has 0 bridgehead atoms. The van der Waals surface area contributed by atoms with Crippen LogP contribution in [0.3, 0.4) is 0 Å². The Balaban J connectivity index is -0.0000000273. The maximum absolute atomic E-state index is 3.50. The summed E-state index contributed by atoms with van der Waals surface area (Å²) in [5, 5.41) is 3.50. The van der Waals surface area contributed by atoms with Crippen molar-refractivity contribution in [3.8, 4) is 0 Å². The standard InChI is InChI=1S/C3H9N.C2H6N.C2H5.W/c1-4(2)3;1-3-2;1-2;/h1-3H3;1-2H3;1H2,2H3;/q;2*-1;+2. The van der Waals surface area contributed by atoms with Gasteiger partial charge in [0.15, 0.2) is 0 Å². The van der Waals surface area contributed by atoms with Gasteiger partial charge in [0.05, 0.1) is 0 Å². The Bertz CT molecular complexity index is 22.8. The fourth-order valence-corrected chi connectivity index (χ4v) is 0. The van der Waals surface area contributed by atoms with Crippen molar-refractivity contribution >= 4 is 0 Å². The summed E-state index contributed by atoms with van der Waals surface area (Å²) in [5.41, 5.74) is 0. The van der Waals surface area contributed by atoms with Crippen molar-refractivity contribution in [3.63, 3.8) is 0 Å². The zero-order chi connectivity index (χ0) is 8.28. The molecular weight excluding hydrogens is 296 g/mol. The van der Waals surface area contributed by atoms with E-state index in [1.54, 1.807) is 21.0 Å². The second-order valence-corrected chi connectivity index (χ2v) is 1.79. The summed E-state index contributed by atoms with van der Waals surface area (Å²) in [6, 6.07) is 0. The first kappa shape index (κ1) is 22.4. The van der Waals surface area contributed by atoms with Gasteiger partial charge >= 0.3 is 21.1 Å². The molecule has 64 valence electrons. The van der Waals surface area contributed by atoms with Crippen LogP contribution in [0.2, 0.25) is 0 Å². The first-order valence-corrected chi connectivity index (χ1v) is 2.94. The molecule has 0 saturated carbocycles. The Kier molecular flexibility index (Phi) is 75.2. The van der Waals surface area contributed by atoms with E-state index in [4.69, 9.17) is 0 Å². The van der Waals surface area contributed by atoms with Crippen molar-refractivity contribution in [1.82, 2.24) is 4.90 Å². The van der Waals surface area contributed by atoms with Gasteiger partial charge in [-0.05, 0) is 21.1 Å². The molecule has 2 nitrogen and oxygen atoms in total. The molecule has 0 fully saturated rings. The molecule has 0 unspecified atom stereocenters. The van der Waals surface area contributed by atoms with E-state index in [1.165, 1.54) is 0 Å². The van der Waals surface area contributed by atoms with Crippen LogP contribution in [0.15, 0.2) is 0 Å². The molecule has 0 aliphatic heterocycles. The Morgan fingerprint density at radius 2 is 1.00 bits per heavy atom. The van der Waals surface area contributed by atoms with Crippen LogP contribution < -0.4 is 0 Å². The minimum absolute atomic E-state index is 0. The Hall–Kier alpha value is 0.608. The molecule has 3 heteroatoms. The van der Waals surface area contributed by atoms with Gasteiger partial charge in [-0.2, -0.15) is 21.0 Å². The smallest absolute Gasteiger partial charge is 0.668 e. The van der Waals surface area contributed by atoms with Crippen LogP contribution in [0.1, 0.15) is 6.92 Å². The third-order valence-corrected chi connectivity index (χ3v) is 0. The van der Waals surface area contributed by atoms with Gasteiger partial charge in [0.2, 0.25) is 0 Å². The van der Waals surface area contributed by atoms with E-state index in [-0.39, 0.29) is 21.1 Å². The summed E-state index contributed by atoms with van der Waals surface area (Å²) < 4.78 is 0. The molecule has 0 amide bonds. The molecule has 0 N–H and O–H groups in total. The Morgan fingerprint density at radius 1 is 1.00 bits per heavy atom. The molecule has 0 aliphatic carbocycles. The number of nitrogens with zero attached hydrogens (tertiary/aromatic N) is 2. The molecule has 0 aromatic heterocycles. The first-order chi connectivity index (χ1) is 4.15. The van der Waals surface area contributed by atoms with Gasteiger partial charge in [-0.15, -0.1) is 0 Å². The zero-order valence-corrected chi connectivity index (χ0v) is 10.9. The van der Waals surface area contributed by atoms with Gasteiger partial charge in [-0.3, -0.25) is 0 Å². The van der Waals surface area contributed by atoms with Crippen molar-refractivity contribution in [1.29, 1.82) is 0 Å². The molecule has 0 aromatic rings. The first-order valence-electron chi connectivity index (χ1n) is 2.94. The van der Waals surface area contributed by atoms with E-state index < -0.39 is 0 Å². The third-order valence-electron chi connectivity index (χ3n) is 0. The van der Waals surface area contributed by atoms with Crippen molar-refractivity contribution in [2.75, 3.05) is 35.2 Å². The second kappa shape index (κ2) is 33.5. The van der Waals surface area contributed by atoms with E-state index in [1.807, 2.05) is 26.0 Å². The largest absolute Gasteiger partial charge is 2.00 e. The molecule has 0 saturated heterocycles. The number of hydrogen-bond donors (Lipinski definition) is 0. The maximum Gasteiger partial charge on any atom is 2.00 e. The van der Waals surface area contributed by atoms with Crippen LogP contribution in [0, 0.1) is 6.92 Å². The molecule has 0 radical (unpaired) electrons. The van der Waals surface area contributed by atoms with Crippen LogP contribution in [0.5, 0.6) is 0 Å². The predicted octanol–water partition coefficient (Wildman–Crippen LogP) is 1.64. The zero-order valence-electron chi connectivity index (χ0n) is 8.01. The topological polar surface area (TPSA) is 17.3 Å². The normalized spacial score (nSPS) is 6.00. The molecule has 10 heavy (non-hydrogen) atoms. The molecule has 0 heterocycles. The van der Waals surface area contributed by atoms with Gasteiger partial charge in [0.1, 0.15) is 0 Å². The minimum atomic E-state index is 0. The maximum atomic E-state index is 3.50. The van der Waals surface area contributed by atoms with Gasteiger partial charge in [0.25, 0.3) is 0 Å². The molecule has 0 aromatic carbocycles. The van der Waals surface area contributed by atoms with Crippen LogP contribution in [0.25, 0.3) is 5.32 Å².